The van der Waals surface area contributed by atoms with E-state index < -0.39 is 5.97 Å². The van der Waals surface area contributed by atoms with Crippen LogP contribution in [0.5, 0.6) is 0 Å². The molecule has 0 amide bonds. The third-order valence-electron chi connectivity index (χ3n) is 3.31. The van der Waals surface area contributed by atoms with Gasteiger partial charge in [-0.3, -0.25) is 0 Å². The Bertz CT molecular complexity index is 435. The van der Waals surface area contributed by atoms with Gasteiger partial charge in [0, 0.05) is 24.8 Å². The molecule has 0 aliphatic rings. The molecule has 0 saturated heterocycles. The molecule has 0 saturated carbocycles. The first-order chi connectivity index (χ1) is 8.93. The molecule has 0 aromatic carbocycles. The fraction of sp³-hybridized carbons (Fsp3) is 0.571. The molecule has 5 nitrogen and oxygen atoms in total. The number of carboxylic acid groups (broad SMARTS) is 1. The highest BCUT2D eigenvalue weighted by molar-refractivity contribution is 5.88. The van der Waals surface area contributed by atoms with E-state index in [1.54, 1.807) is 19.1 Å². The molecule has 1 aromatic rings. The van der Waals surface area contributed by atoms with Crippen molar-refractivity contribution in [3.8, 4) is 0 Å². The second kappa shape index (κ2) is 7.09. The number of rotatable bonds is 7. The van der Waals surface area contributed by atoms with Gasteiger partial charge >= 0.3 is 5.97 Å². The van der Waals surface area contributed by atoms with Gasteiger partial charge in [-0.15, -0.1) is 0 Å². The van der Waals surface area contributed by atoms with Crippen molar-refractivity contribution in [2.75, 3.05) is 25.5 Å². The van der Waals surface area contributed by atoms with Gasteiger partial charge < -0.3 is 15.3 Å². The molecule has 0 fully saturated rings. The average Bonchev–Trinajstić information content (AvgIpc) is 2.36. The highest BCUT2D eigenvalue weighted by atomic mass is 16.4. The van der Waals surface area contributed by atoms with E-state index in [0.717, 1.165) is 19.5 Å². The third kappa shape index (κ3) is 4.87. The maximum atomic E-state index is 11.0. The quantitative estimate of drug-likeness (QED) is 0.791. The molecule has 2 N–H and O–H groups in total. The minimum Gasteiger partial charge on any atom is -0.478 e. The Labute approximate surface area is 114 Å². The van der Waals surface area contributed by atoms with Crippen molar-refractivity contribution in [3.05, 3.63) is 23.4 Å². The van der Waals surface area contributed by atoms with Crippen LogP contribution in [-0.4, -0.2) is 47.1 Å². The summed E-state index contributed by atoms with van der Waals surface area (Å²) in [7, 11) is 2.09. The molecule has 5 heteroatoms. The molecule has 1 heterocycles. The second-order valence-electron chi connectivity index (χ2n) is 4.85. The molecule has 0 aliphatic heterocycles. The van der Waals surface area contributed by atoms with Crippen LogP contribution in [-0.2, 0) is 0 Å². The van der Waals surface area contributed by atoms with Crippen LogP contribution < -0.4 is 5.32 Å². The van der Waals surface area contributed by atoms with Crippen LogP contribution in [0.25, 0.3) is 0 Å². The van der Waals surface area contributed by atoms with Crippen LogP contribution in [0.3, 0.4) is 0 Å². The van der Waals surface area contributed by atoms with Gasteiger partial charge in [0.05, 0.1) is 5.56 Å². The molecule has 1 aromatic heterocycles. The Kier molecular flexibility index (Phi) is 5.76. The zero-order valence-corrected chi connectivity index (χ0v) is 12.1. The number of nitrogens with zero attached hydrogens (tertiary/aromatic N) is 2. The minimum absolute atomic E-state index is 0.269. The maximum Gasteiger partial charge on any atom is 0.335 e. The Balaban J connectivity index is 2.56. The molecule has 0 spiro atoms. The standard InChI is InChI=1S/C14H23N3O2/c1-5-11(3)17(4)7-6-15-13-9-12(14(18)19)8-10(2)16-13/h8-9,11H,5-7H2,1-4H3,(H,15,16)(H,18,19). The summed E-state index contributed by atoms with van der Waals surface area (Å²) in [5, 5.41) is 12.2. The number of carboxylic acids is 1. The Hall–Kier alpha value is -1.62. The van der Waals surface area contributed by atoms with Crippen molar-refractivity contribution >= 4 is 11.8 Å². The van der Waals surface area contributed by atoms with Gasteiger partial charge in [0.2, 0.25) is 0 Å². The highest BCUT2D eigenvalue weighted by Crippen LogP contribution is 2.10. The third-order valence-corrected chi connectivity index (χ3v) is 3.31. The van der Waals surface area contributed by atoms with E-state index in [1.165, 1.54) is 0 Å². The van der Waals surface area contributed by atoms with Gasteiger partial charge in [-0.2, -0.15) is 0 Å². The zero-order chi connectivity index (χ0) is 14.4. The Morgan fingerprint density at radius 3 is 2.79 bits per heavy atom. The number of carbonyl (C=O) groups is 1. The number of aromatic carboxylic acids is 1. The summed E-state index contributed by atoms with van der Waals surface area (Å²) in [6, 6.07) is 3.68. The summed E-state index contributed by atoms with van der Waals surface area (Å²) < 4.78 is 0. The number of aryl methyl sites for hydroxylation is 1. The van der Waals surface area contributed by atoms with Crippen LogP contribution in [0.15, 0.2) is 12.1 Å². The van der Waals surface area contributed by atoms with E-state index >= 15 is 0 Å². The average molecular weight is 265 g/mol. The first-order valence-electron chi connectivity index (χ1n) is 6.60. The molecule has 1 rings (SSSR count). The molecule has 1 unspecified atom stereocenters. The smallest absolute Gasteiger partial charge is 0.335 e. The predicted octanol–water partition coefficient (Wildman–Crippen LogP) is 2.23. The number of hydrogen-bond donors (Lipinski definition) is 2. The van der Waals surface area contributed by atoms with Gasteiger partial charge in [0.1, 0.15) is 5.82 Å². The molecule has 106 valence electrons. The van der Waals surface area contributed by atoms with Crippen molar-refractivity contribution < 1.29 is 9.90 Å². The topological polar surface area (TPSA) is 65.5 Å². The van der Waals surface area contributed by atoms with E-state index in [9.17, 15) is 4.79 Å². The zero-order valence-electron chi connectivity index (χ0n) is 12.1. The maximum absolute atomic E-state index is 11.0. The van der Waals surface area contributed by atoms with Crippen molar-refractivity contribution in [2.45, 2.75) is 33.2 Å². The number of hydrogen-bond acceptors (Lipinski definition) is 4. The van der Waals surface area contributed by atoms with Gasteiger partial charge in [0.15, 0.2) is 0 Å². The predicted molar refractivity (Wildman–Crippen MR) is 76.8 cm³/mol. The largest absolute Gasteiger partial charge is 0.478 e. The number of likely N-dealkylation sites (N-methyl/N-ethyl adjacent to an activating group) is 1. The van der Waals surface area contributed by atoms with Crippen LogP contribution in [0, 0.1) is 6.92 Å². The van der Waals surface area contributed by atoms with Crippen LogP contribution in [0.4, 0.5) is 5.82 Å². The molecule has 0 radical (unpaired) electrons. The molecule has 1 atom stereocenters. The molecular formula is C14H23N3O2. The summed E-state index contributed by atoms with van der Waals surface area (Å²) in [6.45, 7) is 7.79. The van der Waals surface area contributed by atoms with Crippen molar-refractivity contribution in [2.24, 2.45) is 0 Å². The number of pyridine rings is 1. The van der Waals surface area contributed by atoms with E-state index in [4.69, 9.17) is 5.11 Å². The normalized spacial score (nSPS) is 12.5. The summed E-state index contributed by atoms with van der Waals surface area (Å²) in [6.07, 6.45) is 1.11. The molecule has 19 heavy (non-hydrogen) atoms. The highest BCUT2D eigenvalue weighted by Gasteiger charge is 2.08. The monoisotopic (exact) mass is 265 g/mol. The van der Waals surface area contributed by atoms with E-state index in [2.05, 4.69) is 36.1 Å². The van der Waals surface area contributed by atoms with E-state index in [0.29, 0.717) is 17.6 Å². The number of anilines is 1. The number of nitrogens with one attached hydrogen (secondary N) is 1. The lowest BCUT2D eigenvalue weighted by atomic mass is 10.2. The SMILES string of the molecule is CCC(C)N(C)CCNc1cc(C(=O)O)cc(C)n1. The van der Waals surface area contributed by atoms with Crippen LogP contribution in [0.2, 0.25) is 0 Å². The lowest BCUT2D eigenvalue weighted by Crippen LogP contribution is -2.32. The fourth-order valence-electron chi connectivity index (χ4n) is 1.77. The molecule has 0 bridgehead atoms. The lowest BCUT2D eigenvalue weighted by Gasteiger charge is -2.23. The van der Waals surface area contributed by atoms with Crippen molar-refractivity contribution in [1.29, 1.82) is 0 Å². The Morgan fingerprint density at radius 1 is 1.53 bits per heavy atom. The number of aromatic nitrogens is 1. The van der Waals surface area contributed by atoms with Crippen LogP contribution in [0.1, 0.15) is 36.3 Å². The van der Waals surface area contributed by atoms with E-state index in [-0.39, 0.29) is 5.56 Å². The van der Waals surface area contributed by atoms with Gasteiger partial charge in [-0.05, 0) is 39.4 Å². The first kappa shape index (κ1) is 15.4. The summed E-state index contributed by atoms with van der Waals surface area (Å²) in [4.78, 5) is 17.5. The molecular weight excluding hydrogens is 242 g/mol. The lowest BCUT2D eigenvalue weighted by molar-refractivity contribution is 0.0696. The Morgan fingerprint density at radius 2 is 2.21 bits per heavy atom. The van der Waals surface area contributed by atoms with Crippen LogP contribution >= 0.6 is 0 Å². The van der Waals surface area contributed by atoms with E-state index in [1.807, 2.05) is 0 Å². The van der Waals surface area contributed by atoms with Crippen molar-refractivity contribution in [1.82, 2.24) is 9.88 Å². The fourth-order valence-corrected chi connectivity index (χ4v) is 1.77. The van der Waals surface area contributed by atoms with Crippen molar-refractivity contribution in [3.63, 3.8) is 0 Å². The van der Waals surface area contributed by atoms with Gasteiger partial charge in [0.25, 0.3) is 0 Å². The second-order valence-corrected chi connectivity index (χ2v) is 4.85. The van der Waals surface area contributed by atoms with Gasteiger partial charge in [-0.25, -0.2) is 9.78 Å². The molecule has 0 aliphatic carbocycles. The first-order valence-corrected chi connectivity index (χ1v) is 6.60. The summed E-state index contributed by atoms with van der Waals surface area (Å²) in [5.74, 6) is -0.305. The summed E-state index contributed by atoms with van der Waals surface area (Å²) in [5.41, 5.74) is 0.975. The van der Waals surface area contributed by atoms with Gasteiger partial charge in [-0.1, -0.05) is 6.92 Å². The summed E-state index contributed by atoms with van der Waals surface area (Å²) >= 11 is 0. The minimum atomic E-state index is -0.926.